The summed E-state index contributed by atoms with van der Waals surface area (Å²) in [5, 5.41) is 13.0. The van der Waals surface area contributed by atoms with Crippen molar-refractivity contribution in [1.82, 2.24) is 9.97 Å². The molecule has 0 bridgehead atoms. The maximum absolute atomic E-state index is 9.23. The molecule has 0 aliphatic heterocycles. The van der Waals surface area contributed by atoms with E-state index in [1.807, 2.05) is 12.1 Å². The largest absolute Gasteiger partial charge is 0.508 e. The molecule has 0 amide bonds. The van der Waals surface area contributed by atoms with Gasteiger partial charge in [0.2, 0.25) is 0 Å². The maximum Gasteiger partial charge on any atom is 0.137 e. The van der Waals surface area contributed by atoms with Crippen molar-refractivity contribution in [2.24, 2.45) is 0 Å². The summed E-state index contributed by atoms with van der Waals surface area (Å²) in [6, 6.07) is 7.06. The minimum Gasteiger partial charge on any atom is -0.508 e. The third-order valence-electron chi connectivity index (χ3n) is 2.79. The van der Waals surface area contributed by atoms with Gasteiger partial charge in [-0.05, 0) is 24.1 Å². The number of hydrogen-bond acceptors (Lipinski definition) is 4. The van der Waals surface area contributed by atoms with E-state index in [0.29, 0.717) is 11.7 Å². The lowest BCUT2D eigenvalue weighted by atomic mass is 10.1. The van der Waals surface area contributed by atoms with Crippen molar-refractivity contribution in [3.8, 4) is 5.75 Å². The molecule has 100 valence electrons. The zero-order valence-corrected chi connectivity index (χ0v) is 11.5. The number of halogens is 1. The number of benzene rings is 1. The van der Waals surface area contributed by atoms with Crippen LogP contribution in [-0.2, 0) is 13.0 Å². The van der Waals surface area contributed by atoms with E-state index in [1.165, 1.54) is 6.33 Å². The monoisotopic (exact) mass is 277 g/mol. The van der Waals surface area contributed by atoms with Gasteiger partial charge < -0.3 is 10.4 Å². The zero-order chi connectivity index (χ0) is 13.7. The fourth-order valence-corrected chi connectivity index (χ4v) is 2.04. The number of aromatic hydroxyl groups is 1. The smallest absolute Gasteiger partial charge is 0.137 e. The van der Waals surface area contributed by atoms with Crippen molar-refractivity contribution >= 4 is 17.4 Å². The minimum atomic E-state index is 0.264. The summed E-state index contributed by atoms with van der Waals surface area (Å²) in [6.07, 6.45) is 3.29. The van der Waals surface area contributed by atoms with Gasteiger partial charge in [0.15, 0.2) is 0 Å². The predicted octanol–water partition coefficient (Wildman–Crippen LogP) is 3.40. The van der Waals surface area contributed by atoms with Gasteiger partial charge >= 0.3 is 0 Å². The van der Waals surface area contributed by atoms with Crippen molar-refractivity contribution in [2.75, 3.05) is 5.32 Å². The summed E-state index contributed by atoms with van der Waals surface area (Å²) in [4.78, 5) is 8.24. The molecule has 2 N–H and O–H groups in total. The Hall–Kier alpha value is -1.81. The average Bonchev–Trinajstić information content (AvgIpc) is 2.41. The number of rotatable bonds is 5. The number of anilines is 1. The summed E-state index contributed by atoms with van der Waals surface area (Å²) >= 11 is 6.09. The molecule has 5 heteroatoms. The first-order valence-corrected chi connectivity index (χ1v) is 6.59. The maximum atomic E-state index is 9.23. The molecule has 1 aromatic heterocycles. The molecule has 0 aliphatic carbocycles. The van der Waals surface area contributed by atoms with E-state index in [4.69, 9.17) is 11.6 Å². The van der Waals surface area contributed by atoms with Crippen LogP contribution in [0, 0.1) is 0 Å². The second-order valence-electron chi connectivity index (χ2n) is 4.26. The summed E-state index contributed by atoms with van der Waals surface area (Å²) in [6.45, 7) is 2.72. The molecule has 0 spiro atoms. The third-order valence-corrected chi connectivity index (χ3v) is 3.11. The quantitative estimate of drug-likeness (QED) is 0.823. The van der Waals surface area contributed by atoms with Gasteiger partial charge in [-0.1, -0.05) is 37.1 Å². The highest BCUT2D eigenvalue weighted by Crippen LogP contribution is 2.22. The minimum absolute atomic E-state index is 0.264. The highest BCUT2D eigenvalue weighted by atomic mass is 35.5. The van der Waals surface area contributed by atoms with Gasteiger partial charge in [0.25, 0.3) is 0 Å². The van der Waals surface area contributed by atoms with E-state index < -0.39 is 0 Å². The van der Waals surface area contributed by atoms with Crippen molar-refractivity contribution in [3.63, 3.8) is 0 Å². The van der Waals surface area contributed by atoms with E-state index in [2.05, 4.69) is 22.2 Å². The van der Waals surface area contributed by atoms with E-state index in [0.717, 1.165) is 29.8 Å². The Morgan fingerprint density at radius 2 is 1.95 bits per heavy atom. The third kappa shape index (κ3) is 3.58. The topological polar surface area (TPSA) is 58.0 Å². The first-order chi connectivity index (χ1) is 9.20. The SMILES string of the molecule is CCCc1c(Cl)ncnc1NCc1ccc(O)cc1. The number of nitrogens with zero attached hydrogens (tertiary/aromatic N) is 2. The average molecular weight is 278 g/mol. The lowest BCUT2D eigenvalue weighted by Crippen LogP contribution is -2.06. The molecular weight excluding hydrogens is 262 g/mol. The molecule has 0 fully saturated rings. The molecule has 0 radical (unpaired) electrons. The number of aromatic nitrogens is 2. The standard InChI is InChI=1S/C14H16ClN3O/c1-2-3-12-13(15)17-9-18-14(12)16-8-10-4-6-11(19)7-5-10/h4-7,9,19H,2-3,8H2,1H3,(H,16,17,18). The Kier molecular flexibility index (Phi) is 4.58. The number of hydrogen-bond donors (Lipinski definition) is 2. The van der Waals surface area contributed by atoms with Gasteiger partial charge in [-0.3, -0.25) is 0 Å². The first kappa shape index (κ1) is 13.6. The number of phenolic OH excluding ortho intramolecular Hbond substituents is 1. The van der Waals surface area contributed by atoms with Gasteiger partial charge in [0, 0.05) is 12.1 Å². The molecule has 1 heterocycles. The lowest BCUT2D eigenvalue weighted by Gasteiger charge is -2.11. The fourth-order valence-electron chi connectivity index (χ4n) is 1.81. The van der Waals surface area contributed by atoms with Crippen LogP contribution in [0.3, 0.4) is 0 Å². The van der Waals surface area contributed by atoms with Crippen molar-refractivity contribution in [3.05, 3.63) is 46.9 Å². The van der Waals surface area contributed by atoms with Gasteiger partial charge in [0.1, 0.15) is 23.0 Å². The van der Waals surface area contributed by atoms with Crippen LogP contribution in [0.4, 0.5) is 5.82 Å². The van der Waals surface area contributed by atoms with Gasteiger partial charge in [0.05, 0.1) is 0 Å². The van der Waals surface area contributed by atoms with Crippen LogP contribution in [0.5, 0.6) is 5.75 Å². The number of nitrogens with one attached hydrogen (secondary N) is 1. The normalized spacial score (nSPS) is 10.4. The van der Waals surface area contributed by atoms with E-state index in [9.17, 15) is 5.11 Å². The van der Waals surface area contributed by atoms with Crippen molar-refractivity contribution < 1.29 is 5.11 Å². The molecule has 19 heavy (non-hydrogen) atoms. The van der Waals surface area contributed by atoms with Crippen LogP contribution in [0.1, 0.15) is 24.5 Å². The summed E-state index contributed by atoms with van der Waals surface area (Å²) in [5.74, 6) is 1.04. The molecule has 0 atom stereocenters. The second kappa shape index (κ2) is 6.38. The Balaban J connectivity index is 2.10. The summed E-state index contributed by atoms with van der Waals surface area (Å²) in [7, 11) is 0. The Labute approximate surface area is 117 Å². The van der Waals surface area contributed by atoms with Gasteiger partial charge in [-0.15, -0.1) is 0 Å². The highest BCUT2D eigenvalue weighted by molar-refractivity contribution is 6.30. The van der Waals surface area contributed by atoms with E-state index >= 15 is 0 Å². The Bertz CT molecular complexity index is 543. The van der Waals surface area contributed by atoms with Crippen LogP contribution in [0.2, 0.25) is 5.15 Å². The summed E-state index contributed by atoms with van der Waals surface area (Å²) < 4.78 is 0. The first-order valence-electron chi connectivity index (χ1n) is 6.22. The molecule has 2 aromatic rings. The number of phenols is 1. The van der Waals surface area contributed by atoms with Gasteiger partial charge in [-0.2, -0.15) is 0 Å². The highest BCUT2D eigenvalue weighted by Gasteiger charge is 2.08. The van der Waals surface area contributed by atoms with Crippen LogP contribution in [0.25, 0.3) is 0 Å². The predicted molar refractivity (Wildman–Crippen MR) is 76.5 cm³/mol. The van der Waals surface area contributed by atoms with Crippen LogP contribution < -0.4 is 5.32 Å². The van der Waals surface area contributed by atoms with E-state index in [-0.39, 0.29) is 5.75 Å². The molecule has 0 saturated carbocycles. The molecule has 1 aromatic carbocycles. The van der Waals surface area contributed by atoms with Crippen LogP contribution >= 0.6 is 11.6 Å². The molecule has 2 rings (SSSR count). The lowest BCUT2D eigenvalue weighted by molar-refractivity contribution is 0.475. The zero-order valence-electron chi connectivity index (χ0n) is 10.7. The fraction of sp³-hybridized carbons (Fsp3) is 0.286. The molecule has 4 nitrogen and oxygen atoms in total. The van der Waals surface area contributed by atoms with Crippen molar-refractivity contribution in [2.45, 2.75) is 26.3 Å². The van der Waals surface area contributed by atoms with Gasteiger partial charge in [-0.25, -0.2) is 9.97 Å². The van der Waals surface area contributed by atoms with Crippen molar-refractivity contribution in [1.29, 1.82) is 0 Å². The Morgan fingerprint density at radius 3 is 2.63 bits per heavy atom. The second-order valence-corrected chi connectivity index (χ2v) is 4.62. The molecule has 0 unspecified atom stereocenters. The van der Waals surface area contributed by atoms with Crippen LogP contribution in [0.15, 0.2) is 30.6 Å². The Morgan fingerprint density at radius 1 is 1.21 bits per heavy atom. The molecular formula is C14H16ClN3O. The summed E-state index contributed by atoms with van der Waals surface area (Å²) in [5.41, 5.74) is 2.01. The van der Waals surface area contributed by atoms with Crippen LogP contribution in [-0.4, -0.2) is 15.1 Å². The van der Waals surface area contributed by atoms with E-state index in [1.54, 1.807) is 12.1 Å². The molecule has 0 aliphatic rings. The molecule has 0 saturated heterocycles.